The van der Waals surface area contributed by atoms with Crippen LogP contribution in [0.4, 0.5) is 0 Å². The lowest BCUT2D eigenvalue weighted by atomic mass is 10.0. The van der Waals surface area contributed by atoms with Gasteiger partial charge in [0.15, 0.2) is 6.10 Å². The van der Waals surface area contributed by atoms with Crippen LogP contribution in [0, 0.1) is 0 Å². The fourth-order valence-electron chi connectivity index (χ4n) is 9.35. The Labute approximate surface area is 442 Å². The predicted molar refractivity (Wildman–Crippen MR) is 307 cm³/mol. The maximum Gasteiger partial charge on any atom is 0.306 e. The molecule has 1 unspecified atom stereocenters. The Morgan fingerprint density at radius 3 is 0.817 bits per heavy atom. The summed E-state index contributed by atoms with van der Waals surface area (Å²) >= 11 is 0. The van der Waals surface area contributed by atoms with Crippen molar-refractivity contribution in [1.29, 1.82) is 0 Å². The van der Waals surface area contributed by atoms with Gasteiger partial charge in [0.1, 0.15) is 13.2 Å². The molecule has 0 aromatic heterocycles. The van der Waals surface area contributed by atoms with Gasteiger partial charge < -0.3 is 14.2 Å². The van der Waals surface area contributed by atoms with Gasteiger partial charge in [0.25, 0.3) is 0 Å². The predicted octanol–water partition coefficient (Wildman–Crippen LogP) is 21.2. The number of allylic oxidation sites excluding steroid dienone is 6. The Bertz CT molecular complexity index is 1190. The van der Waals surface area contributed by atoms with Crippen LogP contribution in [0.2, 0.25) is 0 Å². The van der Waals surface area contributed by atoms with Gasteiger partial charge >= 0.3 is 17.9 Å². The van der Waals surface area contributed by atoms with Crippen molar-refractivity contribution in [2.45, 2.75) is 348 Å². The summed E-state index contributed by atoms with van der Waals surface area (Å²) in [6, 6.07) is 0. The molecule has 0 spiro atoms. The minimum Gasteiger partial charge on any atom is -0.462 e. The smallest absolute Gasteiger partial charge is 0.306 e. The van der Waals surface area contributed by atoms with Crippen LogP contribution in [0.5, 0.6) is 0 Å². The van der Waals surface area contributed by atoms with E-state index in [0.29, 0.717) is 19.3 Å². The second kappa shape index (κ2) is 60.2. The topological polar surface area (TPSA) is 78.9 Å². The molecule has 6 heteroatoms. The molecule has 0 heterocycles. The van der Waals surface area contributed by atoms with Crippen molar-refractivity contribution < 1.29 is 28.6 Å². The molecule has 416 valence electrons. The van der Waals surface area contributed by atoms with Crippen LogP contribution in [0.15, 0.2) is 36.5 Å². The first-order valence-corrected chi connectivity index (χ1v) is 31.5. The summed E-state index contributed by atoms with van der Waals surface area (Å²) in [5.41, 5.74) is 0. The average Bonchev–Trinajstić information content (AvgIpc) is 3.37. The summed E-state index contributed by atoms with van der Waals surface area (Å²) in [6.45, 7) is 6.66. The second-order valence-electron chi connectivity index (χ2n) is 21.3. The minimum absolute atomic E-state index is 0.0730. The van der Waals surface area contributed by atoms with Crippen LogP contribution in [0.25, 0.3) is 0 Å². The molecule has 0 fully saturated rings. The largest absolute Gasteiger partial charge is 0.462 e. The Balaban J connectivity index is 4.35. The fourth-order valence-corrected chi connectivity index (χ4v) is 9.35. The highest BCUT2D eigenvalue weighted by atomic mass is 16.6. The number of hydrogen-bond donors (Lipinski definition) is 0. The SMILES string of the molecule is CCCCC/C=C\C/C=C\CCCCCCCCCC(=O)OCC(COC(=O)CCCCCCCCC/C=C\CCCCCCCCC)OC(=O)CCCCCCCCCCCCCCCCCCCC. The van der Waals surface area contributed by atoms with E-state index in [-0.39, 0.29) is 31.1 Å². The summed E-state index contributed by atoms with van der Waals surface area (Å²) in [5, 5.41) is 0. The first-order valence-electron chi connectivity index (χ1n) is 31.5. The van der Waals surface area contributed by atoms with E-state index in [1.807, 2.05) is 0 Å². The third kappa shape index (κ3) is 58.4. The molecule has 0 aliphatic rings. The summed E-state index contributed by atoms with van der Waals surface area (Å²) in [4.78, 5) is 38.3. The van der Waals surface area contributed by atoms with Crippen molar-refractivity contribution in [1.82, 2.24) is 0 Å². The van der Waals surface area contributed by atoms with E-state index in [1.54, 1.807) is 0 Å². The zero-order valence-electron chi connectivity index (χ0n) is 47.8. The quantitative estimate of drug-likeness (QED) is 0.0261. The molecule has 0 radical (unpaired) electrons. The van der Waals surface area contributed by atoms with Gasteiger partial charge in [-0.2, -0.15) is 0 Å². The van der Waals surface area contributed by atoms with Gasteiger partial charge in [-0.15, -0.1) is 0 Å². The highest BCUT2D eigenvalue weighted by Crippen LogP contribution is 2.17. The summed E-state index contributed by atoms with van der Waals surface area (Å²) < 4.78 is 16.9. The van der Waals surface area contributed by atoms with Gasteiger partial charge in [-0.25, -0.2) is 0 Å². The van der Waals surface area contributed by atoms with E-state index in [9.17, 15) is 14.4 Å². The zero-order valence-corrected chi connectivity index (χ0v) is 47.8. The zero-order chi connectivity index (χ0) is 51.4. The minimum atomic E-state index is -0.775. The lowest BCUT2D eigenvalue weighted by Gasteiger charge is -2.18. The number of ether oxygens (including phenoxy) is 3. The van der Waals surface area contributed by atoms with Crippen molar-refractivity contribution in [2.75, 3.05) is 13.2 Å². The number of carbonyl (C=O) groups is 3. The number of hydrogen-bond acceptors (Lipinski definition) is 6. The molecule has 71 heavy (non-hydrogen) atoms. The molecule has 0 amide bonds. The number of carbonyl (C=O) groups excluding carboxylic acids is 3. The van der Waals surface area contributed by atoms with Crippen LogP contribution >= 0.6 is 0 Å². The molecule has 0 aliphatic carbocycles. The molecule has 0 aliphatic heterocycles. The van der Waals surface area contributed by atoms with Gasteiger partial charge in [-0.05, 0) is 77.0 Å². The Kier molecular flexibility index (Phi) is 58.2. The molecular weight excluding hydrogens is 877 g/mol. The van der Waals surface area contributed by atoms with E-state index >= 15 is 0 Å². The highest BCUT2D eigenvalue weighted by Gasteiger charge is 2.19. The maximum absolute atomic E-state index is 12.9. The van der Waals surface area contributed by atoms with Crippen molar-refractivity contribution in [2.24, 2.45) is 0 Å². The van der Waals surface area contributed by atoms with Crippen molar-refractivity contribution in [3.8, 4) is 0 Å². The molecular formula is C65H120O6. The number of unbranched alkanes of at least 4 members (excludes halogenated alkanes) is 41. The second-order valence-corrected chi connectivity index (χ2v) is 21.3. The maximum atomic E-state index is 12.9. The molecule has 6 nitrogen and oxygen atoms in total. The van der Waals surface area contributed by atoms with Gasteiger partial charge in [0.05, 0.1) is 0 Å². The standard InChI is InChI=1S/C65H120O6/c1-4-7-10-13-16-19-22-25-28-31-34-37-40-43-46-49-52-55-58-64(67)70-61-62(60-69-63(66)57-54-51-48-45-42-39-36-33-30-27-24-21-18-15-12-9-6-3)71-65(68)59-56-53-50-47-44-41-38-35-32-29-26-23-20-17-14-11-8-5-2/h18,21,27-28,30-31,62H,4-17,19-20,22-26,29,32-61H2,1-3H3/b21-18-,30-27-,31-28-. The summed E-state index contributed by atoms with van der Waals surface area (Å²) in [7, 11) is 0. The molecule has 0 aromatic carbocycles. The van der Waals surface area contributed by atoms with Crippen LogP contribution in [-0.2, 0) is 28.6 Å². The molecule has 0 bridgehead atoms. The van der Waals surface area contributed by atoms with E-state index < -0.39 is 6.10 Å². The fraction of sp³-hybridized carbons (Fsp3) is 0.862. The Hall–Kier alpha value is -2.37. The molecule has 0 aromatic rings. The Morgan fingerprint density at radius 2 is 0.507 bits per heavy atom. The average molecular weight is 998 g/mol. The summed E-state index contributed by atoms with van der Waals surface area (Å²) in [5.74, 6) is -0.861. The monoisotopic (exact) mass is 997 g/mol. The van der Waals surface area contributed by atoms with Crippen LogP contribution < -0.4 is 0 Å². The molecule has 0 saturated carbocycles. The van der Waals surface area contributed by atoms with E-state index in [2.05, 4.69) is 57.2 Å². The van der Waals surface area contributed by atoms with Gasteiger partial charge in [0.2, 0.25) is 0 Å². The normalized spacial score (nSPS) is 12.2. The van der Waals surface area contributed by atoms with Crippen LogP contribution in [0.1, 0.15) is 342 Å². The van der Waals surface area contributed by atoms with E-state index in [4.69, 9.17) is 14.2 Å². The molecule has 0 saturated heterocycles. The van der Waals surface area contributed by atoms with Gasteiger partial charge in [0, 0.05) is 19.3 Å². The highest BCUT2D eigenvalue weighted by molar-refractivity contribution is 5.71. The molecule has 0 rings (SSSR count). The van der Waals surface area contributed by atoms with Crippen LogP contribution in [0.3, 0.4) is 0 Å². The third-order valence-electron chi connectivity index (χ3n) is 14.1. The first-order chi connectivity index (χ1) is 35.0. The van der Waals surface area contributed by atoms with Crippen molar-refractivity contribution in [3.05, 3.63) is 36.5 Å². The first kappa shape index (κ1) is 68.6. The lowest BCUT2D eigenvalue weighted by Crippen LogP contribution is -2.30. The van der Waals surface area contributed by atoms with E-state index in [1.165, 1.54) is 231 Å². The van der Waals surface area contributed by atoms with Crippen molar-refractivity contribution >= 4 is 17.9 Å². The van der Waals surface area contributed by atoms with Gasteiger partial charge in [-0.3, -0.25) is 14.4 Å². The summed E-state index contributed by atoms with van der Waals surface area (Å²) in [6.07, 6.45) is 72.8. The van der Waals surface area contributed by atoms with Gasteiger partial charge in [-0.1, -0.05) is 282 Å². The number of esters is 3. The molecule has 0 N–H and O–H groups in total. The molecule has 1 atom stereocenters. The van der Waals surface area contributed by atoms with Crippen LogP contribution in [-0.4, -0.2) is 37.2 Å². The number of rotatable bonds is 58. The van der Waals surface area contributed by atoms with Crippen molar-refractivity contribution in [3.63, 3.8) is 0 Å². The Morgan fingerprint density at radius 1 is 0.282 bits per heavy atom. The third-order valence-corrected chi connectivity index (χ3v) is 14.1. The lowest BCUT2D eigenvalue weighted by molar-refractivity contribution is -0.167. The van der Waals surface area contributed by atoms with E-state index in [0.717, 1.165) is 70.6 Å².